The Bertz CT molecular complexity index is 104. The molecule has 1 heterocycles. The van der Waals surface area contributed by atoms with Crippen LogP contribution in [0.1, 0.15) is 26.7 Å². The molecule has 0 aliphatic carbocycles. The van der Waals surface area contributed by atoms with Crippen LogP contribution in [0.25, 0.3) is 0 Å². The van der Waals surface area contributed by atoms with E-state index in [4.69, 9.17) is 0 Å². The minimum Gasteiger partial charge on any atom is -0.317 e. The van der Waals surface area contributed by atoms with Gasteiger partial charge in [-0.2, -0.15) is 0 Å². The first-order valence-electron chi connectivity index (χ1n) is 4.77. The average Bonchev–Trinajstić information content (AvgIpc) is 2.37. The van der Waals surface area contributed by atoms with Crippen molar-refractivity contribution in [2.75, 3.05) is 19.6 Å². The van der Waals surface area contributed by atoms with E-state index in [1.165, 1.54) is 25.9 Å². The molecule has 0 aromatic rings. The number of rotatable bonds is 4. The predicted molar refractivity (Wildman–Crippen MR) is 48.7 cm³/mol. The molecule has 1 aliphatic rings. The summed E-state index contributed by atoms with van der Waals surface area (Å²) in [5.74, 6) is 0.890. The lowest BCUT2D eigenvalue weighted by Gasteiger charge is -2.09. The lowest BCUT2D eigenvalue weighted by atomic mass is 10.1. The molecule has 0 saturated carbocycles. The Labute approximate surface area is 69.8 Å². The summed E-state index contributed by atoms with van der Waals surface area (Å²) in [5, 5.41) is 6.88. The van der Waals surface area contributed by atoms with Gasteiger partial charge >= 0.3 is 0 Å². The Kier molecular flexibility index (Phi) is 3.87. The molecule has 2 unspecified atom stereocenters. The summed E-state index contributed by atoms with van der Waals surface area (Å²) in [6.45, 7) is 7.96. The van der Waals surface area contributed by atoms with Gasteiger partial charge in [0.25, 0.3) is 0 Å². The normalized spacial score (nSPS) is 31.1. The van der Waals surface area contributed by atoms with Crippen molar-refractivity contribution >= 4 is 0 Å². The molecule has 2 heteroatoms. The van der Waals surface area contributed by atoms with Gasteiger partial charge in [0.2, 0.25) is 0 Å². The van der Waals surface area contributed by atoms with Crippen LogP contribution in [0.15, 0.2) is 0 Å². The van der Waals surface area contributed by atoms with Crippen molar-refractivity contribution in [3.63, 3.8) is 0 Å². The van der Waals surface area contributed by atoms with Gasteiger partial charge in [-0.1, -0.05) is 13.8 Å². The van der Waals surface area contributed by atoms with Crippen molar-refractivity contribution in [3.8, 4) is 0 Å². The fraction of sp³-hybridized carbons (Fsp3) is 1.00. The minimum atomic E-state index is 0.782. The quantitative estimate of drug-likeness (QED) is 0.593. The zero-order valence-electron chi connectivity index (χ0n) is 7.69. The van der Waals surface area contributed by atoms with Gasteiger partial charge in [0.05, 0.1) is 0 Å². The summed E-state index contributed by atoms with van der Waals surface area (Å²) >= 11 is 0. The fourth-order valence-electron chi connectivity index (χ4n) is 1.69. The topological polar surface area (TPSA) is 24.1 Å². The zero-order chi connectivity index (χ0) is 8.10. The first-order chi connectivity index (χ1) is 5.33. The SMILES string of the molecule is CCNCCC1CC(C)CN1. The van der Waals surface area contributed by atoms with Crippen LogP contribution in [0.4, 0.5) is 0 Å². The van der Waals surface area contributed by atoms with Gasteiger partial charge in [0, 0.05) is 6.04 Å². The molecular weight excluding hydrogens is 136 g/mol. The molecule has 1 rings (SSSR count). The molecule has 2 nitrogen and oxygen atoms in total. The van der Waals surface area contributed by atoms with Gasteiger partial charge < -0.3 is 10.6 Å². The zero-order valence-corrected chi connectivity index (χ0v) is 7.69. The molecule has 66 valence electrons. The molecule has 2 atom stereocenters. The highest BCUT2D eigenvalue weighted by Gasteiger charge is 2.19. The molecule has 0 bridgehead atoms. The second kappa shape index (κ2) is 4.73. The molecule has 0 spiro atoms. The van der Waals surface area contributed by atoms with E-state index in [2.05, 4.69) is 24.5 Å². The van der Waals surface area contributed by atoms with Gasteiger partial charge in [-0.05, 0) is 38.4 Å². The standard InChI is InChI=1S/C9H20N2/c1-3-10-5-4-9-6-8(2)7-11-9/h8-11H,3-7H2,1-2H3. The molecule has 0 aromatic heterocycles. The van der Waals surface area contributed by atoms with E-state index in [-0.39, 0.29) is 0 Å². The van der Waals surface area contributed by atoms with E-state index in [1.54, 1.807) is 0 Å². The third-order valence-electron chi connectivity index (χ3n) is 2.36. The van der Waals surface area contributed by atoms with Crippen LogP contribution in [-0.2, 0) is 0 Å². The average molecular weight is 156 g/mol. The third kappa shape index (κ3) is 3.21. The summed E-state index contributed by atoms with van der Waals surface area (Å²) in [6, 6.07) is 0.782. The summed E-state index contributed by atoms with van der Waals surface area (Å²) in [7, 11) is 0. The number of hydrogen-bond donors (Lipinski definition) is 2. The molecular formula is C9H20N2. The van der Waals surface area contributed by atoms with E-state index in [0.29, 0.717) is 0 Å². The van der Waals surface area contributed by atoms with Crippen LogP contribution < -0.4 is 10.6 Å². The van der Waals surface area contributed by atoms with Gasteiger partial charge in [-0.15, -0.1) is 0 Å². The number of hydrogen-bond acceptors (Lipinski definition) is 2. The lowest BCUT2D eigenvalue weighted by molar-refractivity contribution is 0.519. The van der Waals surface area contributed by atoms with Crippen LogP contribution in [0.3, 0.4) is 0 Å². The van der Waals surface area contributed by atoms with E-state index >= 15 is 0 Å². The minimum absolute atomic E-state index is 0.782. The highest BCUT2D eigenvalue weighted by Crippen LogP contribution is 2.14. The smallest absolute Gasteiger partial charge is 0.00822 e. The van der Waals surface area contributed by atoms with Crippen molar-refractivity contribution in [2.24, 2.45) is 5.92 Å². The Morgan fingerprint density at radius 2 is 2.36 bits per heavy atom. The van der Waals surface area contributed by atoms with Crippen LogP contribution in [0.5, 0.6) is 0 Å². The highest BCUT2D eigenvalue weighted by atomic mass is 15.0. The van der Waals surface area contributed by atoms with Gasteiger partial charge in [0.1, 0.15) is 0 Å². The van der Waals surface area contributed by atoms with Crippen molar-refractivity contribution in [1.82, 2.24) is 10.6 Å². The third-order valence-corrected chi connectivity index (χ3v) is 2.36. The van der Waals surface area contributed by atoms with E-state index in [9.17, 15) is 0 Å². The maximum atomic E-state index is 3.53. The van der Waals surface area contributed by atoms with E-state index in [1.807, 2.05) is 0 Å². The van der Waals surface area contributed by atoms with Crippen molar-refractivity contribution in [3.05, 3.63) is 0 Å². The molecule has 1 fully saturated rings. The first-order valence-corrected chi connectivity index (χ1v) is 4.77. The second-order valence-corrected chi connectivity index (χ2v) is 3.59. The number of nitrogens with one attached hydrogen (secondary N) is 2. The van der Waals surface area contributed by atoms with Crippen LogP contribution >= 0.6 is 0 Å². The maximum Gasteiger partial charge on any atom is 0.00822 e. The molecule has 2 N–H and O–H groups in total. The van der Waals surface area contributed by atoms with Gasteiger partial charge in [-0.3, -0.25) is 0 Å². The van der Waals surface area contributed by atoms with Crippen molar-refractivity contribution < 1.29 is 0 Å². The summed E-state index contributed by atoms with van der Waals surface area (Å²) < 4.78 is 0. The molecule has 0 aromatic carbocycles. The van der Waals surface area contributed by atoms with E-state index < -0.39 is 0 Å². The lowest BCUT2D eigenvalue weighted by Crippen LogP contribution is -2.26. The van der Waals surface area contributed by atoms with E-state index in [0.717, 1.165) is 18.5 Å². The van der Waals surface area contributed by atoms with Crippen LogP contribution in [-0.4, -0.2) is 25.7 Å². The Hall–Kier alpha value is -0.0800. The largest absolute Gasteiger partial charge is 0.317 e. The summed E-state index contributed by atoms with van der Waals surface area (Å²) in [5.41, 5.74) is 0. The van der Waals surface area contributed by atoms with Gasteiger partial charge in [0.15, 0.2) is 0 Å². The molecule has 0 radical (unpaired) electrons. The van der Waals surface area contributed by atoms with Gasteiger partial charge in [-0.25, -0.2) is 0 Å². The summed E-state index contributed by atoms with van der Waals surface area (Å²) in [4.78, 5) is 0. The first kappa shape index (κ1) is 9.01. The Morgan fingerprint density at radius 3 is 2.91 bits per heavy atom. The molecule has 1 aliphatic heterocycles. The van der Waals surface area contributed by atoms with Crippen LogP contribution in [0, 0.1) is 5.92 Å². The highest BCUT2D eigenvalue weighted by molar-refractivity contribution is 4.79. The maximum absolute atomic E-state index is 3.53. The summed E-state index contributed by atoms with van der Waals surface area (Å²) in [6.07, 6.45) is 2.66. The Balaban J connectivity index is 1.99. The Morgan fingerprint density at radius 1 is 1.55 bits per heavy atom. The predicted octanol–water partition coefficient (Wildman–Crippen LogP) is 0.984. The second-order valence-electron chi connectivity index (χ2n) is 3.59. The monoisotopic (exact) mass is 156 g/mol. The molecule has 11 heavy (non-hydrogen) atoms. The van der Waals surface area contributed by atoms with Crippen molar-refractivity contribution in [2.45, 2.75) is 32.7 Å². The fourth-order valence-corrected chi connectivity index (χ4v) is 1.69. The van der Waals surface area contributed by atoms with Crippen molar-refractivity contribution in [1.29, 1.82) is 0 Å². The molecule has 1 saturated heterocycles. The van der Waals surface area contributed by atoms with Crippen LogP contribution in [0.2, 0.25) is 0 Å². The molecule has 0 amide bonds.